The largest absolute Gasteiger partial charge is 0.496 e. The van der Waals surface area contributed by atoms with Crippen LogP contribution in [-0.4, -0.2) is 47.6 Å². The Morgan fingerprint density at radius 2 is 1.90 bits per heavy atom. The zero-order valence-electron chi connectivity index (χ0n) is 13.6. The second kappa shape index (κ2) is 11.5. The highest BCUT2D eigenvalue weighted by Gasteiger charge is 2.11. The third-order valence-corrected chi connectivity index (χ3v) is 3.53. The average molecular weight is 295 g/mol. The van der Waals surface area contributed by atoms with E-state index in [1.807, 2.05) is 19.2 Å². The Labute approximate surface area is 128 Å². The average Bonchev–Trinajstić information content (AvgIpc) is 2.51. The van der Waals surface area contributed by atoms with Crippen molar-refractivity contribution in [2.75, 3.05) is 47.6 Å². The number of methoxy groups -OCH3 is 2. The Balaban J connectivity index is 2.38. The topological polar surface area (TPSA) is 39.7 Å². The standard InChI is InChI=1S/C17H29NO3/c1-18-14-15(7-6-10-21-12-11-19-2)13-16-8-4-5-9-17(16)20-3/h4-5,8-9,15,18H,6-7,10-14H2,1-3H3. The Hall–Kier alpha value is -1.10. The van der Waals surface area contributed by atoms with Crippen molar-refractivity contribution in [3.05, 3.63) is 29.8 Å². The molecule has 0 heterocycles. The lowest BCUT2D eigenvalue weighted by Crippen LogP contribution is -2.21. The van der Waals surface area contributed by atoms with Gasteiger partial charge in [0.05, 0.1) is 20.3 Å². The zero-order chi connectivity index (χ0) is 15.3. The van der Waals surface area contributed by atoms with Crippen LogP contribution in [-0.2, 0) is 15.9 Å². The molecule has 0 bridgehead atoms. The predicted octanol–water partition coefficient (Wildman–Crippen LogP) is 2.52. The summed E-state index contributed by atoms with van der Waals surface area (Å²) in [6, 6.07) is 8.26. The molecule has 1 aromatic rings. The third kappa shape index (κ3) is 7.46. The molecule has 1 unspecified atom stereocenters. The molecule has 0 aliphatic rings. The summed E-state index contributed by atoms with van der Waals surface area (Å²) in [4.78, 5) is 0. The van der Waals surface area contributed by atoms with E-state index in [-0.39, 0.29) is 0 Å². The molecule has 4 nitrogen and oxygen atoms in total. The van der Waals surface area contributed by atoms with Gasteiger partial charge in [0, 0.05) is 13.7 Å². The lowest BCUT2D eigenvalue weighted by atomic mass is 9.94. The molecule has 0 fully saturated rings. The van der Waals surface area contributed by atoms with Gasteiger partial charge < -0.3 is 19.5 Å². The summed E-state index contributed by atoms with van der Waals surface area (Å²) >= 11 is 0. The molecule has 1 atom stereocenters. The van der Waals surface area contributed by atoms with Crippen LogP contribution in [0.2, 0.25) is 0 Å². The van der Waals surface area contributed by atoms with E-state index < -0.39 is 0 Å². The van der Waals surface area contributed by atoms with E-state index in [4.69, 9.17) is 14.2 Å². The number of para-hydroxylation sites is 1. The van der Waals surface area contributed by atoms with Gasteiger partial charge in [-0.2, -0.15) is 0 Å². The first kappa shape index (κ1) is 18.0. The molecule has 1 rings (SSSR count). The Bertz CT molecular complexity index is 371. The van der Waals surface area contributed by atoms with Gasteiger partial charge in [-0.15, -0.1) is 0 Å². The van der Waals surface area contributed by atoms with E-state index >= 15 is 0 Å². The molecule has 0 aliphatic heterocycles. The predicted molar refractivity (Wildman–Crippen MR) is 86.0 cm³/mol. The minimum absolute atomic E-state index is 0.595. The fourth-order valence-corrected chi connectivity index (χ4v) is 2.47. The van der Waals surface area contributed by atoms with E-state index in [9.17, 15) is 0 Å². The number of ether oxygens (including phenoxy) is 3. The smallest absolute Gasteiger partial charge is 0.122 e. The van der Waals surface area contributed by atoms with Crippen LogP contribution in [0.25, 0.3) is 0 Å². The fourth-order valence-electron chi connectivity index (χ4n) is 2.47. The Morgan fingerprint density at radius 1 is 1.10 bits per heavy atom. The highest BCUT2D eigenvalue weighted by Crippen LogP contribution is 2.22. The number of nitrogens with one attached hydrogen (secondary N) is 1. The van der Waals surface area contributed by atoms with Crippen LogP contribution in [0.3, 0.4) is 0 Å². The van der Waals surface area contributed by atoms with Crippen LogP contribution in [0.5, 0.6) is 5.75 Å². The molecular weight excluding hydrogens is 266 g/mol. The SMILES string of the molecule is CNCC(CCCOCCOC)Cc1ccccc1OC. The minimum Gasteiger partial charge on any atom is -0.496 e. The Morgan fingerprint density at radius 3 is 2.62 bits per heavy atom. The number of rotatable bonds is 12. The molecule has 0 amide bonds. The maximum atomic E-state index is 5.53. The lowest BCUT2D eigenvalue weighted by molar-refractivity contribution is 0.0672. The first-order valence-electron chi connectivity index (χ1n) is 7.65. The molecule has 4 heteroatoms. The molecule has 0 aromatic heterocycles. The van der Waals surface area contributed by atoms with Crippen LogP contribution in [0.4, 0.5) is 0 Å². The van der Waals surface area contributed by atoms with Crippen molar-refractivity contribution in [2.24, 2.45) is 5.92 Å². The van der Waals surface area contributed by atoms with Gasteiger partial charge >= 0.3 is 0 Å². The van der Waals surface area contributed by atoms with Crippen LogP contribution in [0.15, 0.2) is 24.3 Å². The van der Waals surface area contributed by atoms with Crippen molar-refractivity contribution in [1.29, 1.82) is 0 Å². The summed E-state index contributed by atoms with van der Waals surface area (Å²) in [5, 5.41) is 3.29. The molecule has 1 aromatic carbocycles. The summed E-state index contributed by atoms with van der Waals surface area (Å²) in [6.45, 7) is 3.16. The van der Waals surface area contributed by atoms with E-state index in [2.05, 4.69) is 17.4 Å². The van der Waals surface area contributed by atoms with Gasteiger partial charge in [-0.25, -0.2) is 0 Å². The molecule has 0 saturated heterocycles. The lowest BCUT2D eigenvalue weighted by Gasteiger charge is -2.18. The summed E-state index contributed by atoms with van der Waals surface area (Å²) in [5.41, 5.74) is 1.28. The van der Waals surface area contributed by atoms with Gasteiger partial charge in [-0.05, 0) is 50.4 Å². The van der Waals surface area contributed by atoms with Crippen LogP contribution >= 0.6 is 0 Å². The molecule has 0 radical (unpaired) electrons. The molecule has 21 heavy (non-hydrogen) atoms. The van der Waals surface area contributed by atoms with E-state index in [1.165, 1.54) is 5.56 Å². The highest BCUT2D eigenvalue weighted by atomic mass is 16.5. The highest BCUT2D eigenvalue weighted by molar-refractivity contribution is 5.33. The molecular formula is C17H29NO3. The van der Waals surface area contributed by atoms with Crippen molar-refractivity contribution in [3.63, 3.8) is 0 Å². The molecule has 1 N–H and O–H groups in total. The zero-order valence-corrected chi connectivity index (χ0v) is 13.6. The second-order valence-corrected chi connectivity index (χ2v) is 5.19. The minimum atomic E-state index is 0.595. The molecule has 0 saturated carbocycles. The summed E-state index contributed by atoms with van der Waals surface area (Å²) < 4.78 is 15.9. The third-order valence-electron chi connectivity index (χ3n) is 3.53. The maximum absolute atomic E-state index is 5.53. The fraction of sp³-hybridized carbons (Fsp3) is 0.647. The van der Waals surface area contributed by atoms with Crippen molar-refractivity contribution in [1.82, 2.24) is 5.32 Å². The normalized spacial score (nSPS) is 12.3. The van der Waals surface area contributed by atoms with Crippen molar-refractivity contribution < 1.29 is 14.2 Å². The molecule has 0 spiro atoms. The van der Waals surface area contributed by atoms with Gasteiger partial charge in [0.2, 0.25) is 0 Å². The first-order valence-corrected chi connectivity index (χ1v) is 7.65. The van der Waals surface area contributed by atoms with Gasteiger partial charge in [-0.1, -0.05) is 18.2 Å². The number of benzene rings is 1. The van der Waals surface area contributed by atoms with Crippen molar-refractivity contribution in [2.45, 2.75) is 19.3 Å². The van der Waals surface area contributed by atoms with Crippen LogP contribution in [0.1, 0.15) is 18.4 Å². The van der Waals surface area contributed by atoms with E-state index in [0.717, 1.165) is 38.2 Å². The van der Waals surface area contributed by atoms with Gasteiger partial charge in [0.1, 0.15) is 5.75 Å². The summed E-state index contributed by atoms with van der Waals surface area (Å²) in [5.74, 6) is 1.58. The van der Waals surface area contributed by atoms with Gasteiger partial charge in [0.25, 0.3) is 0 Å². The summed E-state index contributed by atoms with van der Waals surface area (Å²) in [7, 11) is 5.43. The second-order valence-electron chi connectivity index (χ2n) is 5.19. The van der Waals surface area contributed by atoms with Gasteiger partial charge in [0.15, 0.2) is 0 Å². The monoisotopic (exact) mass is 295 g/mol. The molecule has 120 valence electrons. The maximum Gasteiger partial charge on any atom is 0.122 e. The number of hydrogen-bond donors (Lipinski definition) is 1. The van der Waals surface area contributed by atoms with Crippen LogP contribution in [0, 0.1) is 5.92 Å². The van der Waals surface area contributed by atoms with E-state index in [1.54, 1.807) is 14.2 Å². The van der Waals surface area contributed by atoms with E-state index in [0.29, 0.717) is 19.1 Å². The number of hydrogen-bond acceptors (Lipinski definition) is 4. The van der Waals surface area contributed by atoms with Crippen molar-refractivity contribution in [3.8, 4) is 5.75 Å². The Kier molecular flexibility index (Phi) is 9.87. The van der Waals surface area contributed by atoms with Crippen LogP contribution < -0.4 is 10.1 Å². The van der Waals surface area contributed by atoms with Gasteiger partial charge in [-0.3, -0.25) is 0 Å². The first-order chi connectivity index (χ1) is 10.3. The quantitative estimate of drug-likeness (QED) is 0.602. The van der Waals surface area contributed by atoms with Crippen molar-refractivity contribution >= 4 is 0 Å². The summed E-state index contributed by atoms with van der Waals surface area (Å²) in [6.07, 6.45) is 3.25. The molecule has 0 aliphatic carbocycles.